The number of hydrogen-bond acceptors (Lipinski definition) is 1. The van der Waals surface area contributed by atoms with E-state index in [4.69, 9.17) is 0 Å². The van der Waals surface area contributed by atoms with E-state index < -0.39 is 54.2 Å². The van der Waals surface area contributed by atoms with Crippen molar-refractivity contribution in [2.45, 2.75) is 49.6 Å². The Kier molecular flexibility index (Phi) is 5.80. The standard InChI is InChI=1S/C9H7F14N/c1-2-3-24(8(20,21)4(10,11)6(14,15)16)9(22,23)5(12,13)7(17,18)19/h2-3H2,1H3. The van der Waals surface area contributed by atoms with Crippen LogP contribution in [0.25, 0.3) is 0 Å². The van der Waals surface area contributed by atoms with Gasteiger partial charge in [-0.1, -0.05) is 6.92 Å². The predicted octanol–water partition coefficient (Wildman–Crippen LogP) is 5.28. The molecule has 0 unspecified atom stereocenters. The Morgan fingerprint density at radius 2 is 0.792 bits per heavy atom. The molecule has 0 aromatic carbocycles. The van der Waals surface area contributed by atoms with Crippen molar-refractivity contribution in [3.63, 3.8) is 0 Å². The maximum atomic E-state index is 13.2. The molecule has 0 fully saturated rings. The summed E-state index contributed by atoms with van der Waals surface area (Å²) in [5.74, 6) is -14.7. The first-order chi connectivity index (χ1) is 10.2. The third-order valence-corrected chi connectivity index (χ3v) is 2.59. The van der Waals surface area contributed by atoms with E-state index in [1.54, 1.807) is 0 Å². The smallest absolute Gasteiger partial charge is 0.187 e. The van der Waals surface area contributed by atoms with E-state index in [1.807, 2.05) is 0 Å². The van der Waals surface area contributed by atoms with Gasteiger partial charge in [-0.05, 0) is 6.42 Å². The fourth-order valence-electron chi connectivity index (χ4n) is 1.36. The first kappa shape index (κ1) is 23.0. The second-order valence-corrected chi connectivity index (χ2v) is 4.38. The van der Waals surface area contributed by atoms with Gasteiger partial charge in [0.2, 0.25) is 0 Å². The molecule has 0 aliphatic carbocycles. The van der Waals surface area contributed by atoms with E-state index in [1.165, 1.54) is 0 Å². The van der Waals surface area contributed by atoms with Gasteiger partial charge in [-0.2, -0.15) is 66.4 Å². The average Bonchev–Trinajstić information content (AvgIpc) is 2.32. The van der Waals surface area contributed by atoms with Gasteiger partial charge >= 0.3 is 36.3 Å². The van der Waals surface area contributed by atoms with Crippen molar-refractivity contribution in [2.24, 2.45) is 0 Å². The fraction of sp³-hybridized carbons (Fsp3) is 1.00. The molecule has 24 heavy (non-hydrogen) atoms. The number of rotatable bonds is 6. The van der Waals surface area contributed by atoms with Crippen molar-refractivity contribution < 1.29 is 61.5 Å². The van der Waals surface area contributed by atoms with Crippen molar-refractivity contribution >= 4 is 0 Å². The molecule has 0 bridgehead atoms. The van der Waals surface area contributed by atoms with Gasteiger partial charge in [-0.15, -0.1) is 0 Å². The summed E-state index contributed by atoms with van der Waals surface area (Å²) in [6.45, 7) is -1.73. The SMILES string of the molecule is CCCN(C(F)(F)C(F)(F)C(F)(F)F)C(F)(F)C(F)(F)C(F)(F)F. The summed E-state index contributed by atoms with van der Waals surface area (Å²) >= 11 is 0. The molecule has 0 aliphatic rings. The zero-order valence-corrected chi connectivity index (χ0v) is 11.2. The average molecular weight is 395 g/mol. The number of hydrogen-bond donors (Lipinski definition) is 0. The third kappa shape index (κ3) is 3.35. The maximum absolute atomic E-state index is 13.2. The van der Waals surface area contributed by atoms with Gasteiger partial charge in [-0.3, -0.25) is 0 Å². The van der Waals surface area contributed by atoms with Crippen LogP contribution in [-0.4, -0.2) is 47.7 Å². The second kappa shape index (κ2) is 6.05. The van der Waals surface area contributed by atoms with Crippen LogP contribution in [-0.2, 0) is 0 Å². The Morgan fingerprint density at radius 3 is 0.958 bits per heavy atom. The minimum atomic E-state index is -7.33. The van der Waals surface area contributed by atoms with Crippen molar-refractivity contribution in [1.82, 2.24) is 4.90 Å². The van der Waals surface area contributed by atoms with E-state index >= 15 is 0 Å². The number of halogens is 14. The Balaban J connectivity index is 6.33. The van der Waals surface area contributed by atoms with Gasteiger partial charge in [-0.25, -0.2) is 0 Å². The molecule has 0 rings (SSSR count). The highest BCUT2D eigenvalue weighted by Gasteiger charge is 2.83. The lowest BCUT2D eigenvalue weighted by Crippen LogP contribution is -2.71. The van der Waals surface area contributed by atoms with E-state index in [-0.39, 0.29) is 0 Å². The van der Waals surface area contributed by atoms with Crippen LogP contribution in [0.2, 0.25) is 0 Å². The number of alkyl halides is 14. The Hall–Kier alpha value is -1.02. The maximum Gasteiger partial charge on any atom is 0.461 e. The van der Waals surface area contributed by atoms with Gasteiger partial charge in [0, 0.05) is 6.54 Å². The van der Waals surface area contributed by atoms with Gasteiger partial charge in [0.05, 0.1) is 0 Å². The van der Waals surface area contributed by atoms with Gasteiger partial charge in [0.25, 0.3) is 0 Å². The van der Waals surface area contributed by atoms with Crippen molar-refractivity contribution in [3.8, 4) is 0 Å². The summed E-state index contributed by atoms with van der Waals surface area (Å²) in [5.41, 5.74) is 0. The topological polar surface area (TPSA) is 3.24 Å². The summed E-state index contributed by atoms with van der Waals surface area (Å²) in [7, 11) is 0. The largest absolute Gasteiger partial charge is 0.461 e. The Morgan fingerprint density at radius 1 is 0.542 bits per heavy atom. The summed E-state index contributed by atoms with van der Waals surface area (Å²) in [5, 5.41) is 0. The molecule has 0 radical (unpaired) electrons. The van der Waals surface area contributed by atoms with Crippen LogP contribution < -0.4 is 0 Å². The van der Waals surface area contributed by atoms with Crippen LogP contribution in [0.15, 0.2) is 0 Å². The Labute approximate surface area is 124 Å². The van der Waals surface area contributed by atoms with Crippen molar-refractivity contribution in [3.05, 3.63) is 0 Å². The molecule has 0 amide bonds. The van der Waals surface area contributed by atoms with Crippen LogP contribution in [0.1, 0.15) is 13.3 Å². The molecule has 146 valence electrons. The highest BCUT2D eigenvalue weighted by Crippen LogP contribution is 2.55. The highest BCUT2D eigenvalue weighted by molar-refractivity contribution is 4.99. The molecule has 0 aromatic rings. The zero-order chi connectivity index (χ0) is 20.0. The molecule has 0 saturated carbocycles. The molecule has 1 nitrogen and oxygen atoms in total. The first-order valence-corrected chi connectivity index (χ1v) is 5.62. The predicted molar refractivity (Wildman–Crippen MR) is 48.9 cm³/mol. The monoisotopic (exact) mass is 395 g/mol. The van der Waals surface area contributed by atoms with Crippen LogP contribution in [0, 0.1) is 0 Å². The van der Waals surface area contributed by atoms with Crippen molar-refractivity contribution in [2.75, 3.05) is 6.54 Å². The summed E-state index contributed by atoms with van der Waals surface area (Å²) in [6, 6.07) is -14.2. The summed E-state index contributed by atoms with van der Waals surface area (Å²) in [6.07, 6.45) is -15.6. The highest BCUT2D eigenvalue weighted by atomic mass is 19.4. The normalized spacial score (nSPS) is 16.0. The molecule has 0 N–H and O–H groups in total. The van der Waals surface area contributed by atoms with Crippen LogP contribution in [0.4, 0.5) is 61.5 Å². The first-order valence-electron chi connectivity index (χ1n) is 5.62. The van der Waals surface area contributed by atoms with Gasteiger partial charge in [0.1, 0.15) is 0 Å². The van der Waals surface area contributed by atoms with Crippen LogP contribution in [0.3, 0.4) is 0 Å². The van der Waals surface area contributed by atoms with E-state index in [0.29, 0.717) is 6.92 Å². The molecular weight excluding hydrogens is 388 g/mol. The molecular formula is C9H7F14N. The van der Waals surface area contributed by atoms with Crippen LogP contribution in [0.5, 0.6) is 0 Å². The third-order valence-electron chi connectivity index (χ3n) is 2.59. The van der Waals surface area contributed by atoms with Crippen LogP contribution >= 0.6 is 0 Å². The van der Waals surface area contributed by atoms with E-state index in [2.05, 4.69) is 0 Å². The van der Waals surface area contributed by atoms with Gasteiger partial charge < -0.3 is 0 Å². The fourth-order valence-corrected chi connectivity index (χ4v) is 1.36. The molecule has 0 aromatic heterocycles. The molecule has 15 heteroatoms. The number of nitrogens with zero attached hydrogens (tertiary/aromatic N) is 1. The minimum absolute atomic E-state index is 0.594. The van der Waals surface area contributed by atoms with E-state index in [0.717, 1.165) is 0 Å². The molecule has 0 heterocycles. The minimum Gasteiger partial charge on any atom is -0.187 e. The second-order valence-electron chi connectivity index (χ2n) is 4.38. The Bertz CT molecular complexity index is 395. The lowest BCUT2D eigenvalue weighted by atomic mass is 10.1. The quantitative estimate of drug-likeness (QED) is 0.437. The molecule has 0 spiro atoms. The lowest BCUT2D eigenvalue weighted by molar-refractivity contribution is -0.457. The molecule has 0 aliphatic heterocycles. The molecule has 0 atom stereocenters. The summed E-state index contributed by atoms with van der Waals surface area (Å²) < 4.78 is 175. The van der Waals surface area contributed by atoms with Gasteiger partial charge in [0.15, 0.2) is 0 Å². The molecule has 0 saturated heterocycles. The van der Waals surface area contributed by atoms with E-state index in [9.17, 15) is 61.5 Å². The summed E-state index contributed by atoms with van der Waals surface area (Å²) in [4.78, 5) is -2.79. The van der Waals surface area contributed by atoms with Crippen molar-refractivity contribution in [1.29, 1.82) is 0 Å². The zero-order valence-electron chi connectivity index (χ0n) is 11.2. The lowest BCUT2D eigenvalue weighted by Gasteiger charge is -2.42.